The van der Waals surface area contributed by atoms with E-state index in [0.29, 0.717) is 6.61 Å². The summed E-state index contributed by atoms with van der Waals surface area (Å²) in [4.78, 5) is 23.5. The first-order valence-corrected chi connectivity index (χ1v) is 10.6. The van der Waals surface area contributed by atoms with Gasteiger partial charge in [0.2, 0.25) is 10.0 Å². The van der Waals surface area contributed by atoms with E-state index in [-0.39, 0.29) is 40.1 Å². The van der Waals surface area contributed by atoms with Crippen molar-refractivity contribution in [3.05, 3.63) is 28.8 Å². The number of rotatable bonds is 8. The highest BCUT2D eigenvalue weighted by molar-refractivity contribution is 7.89. The van der Waals surface area contributed by atoms with E-state index in [0.717, 1.165) is 31.7 Å². The maximum atomic E-state index is 12.5. The number of halogens is 1. The van der Waals surface area contributed by atoms with Gasteiger partial charge < -0.3 is 14.8 Å². The third kappa shape index (κ3) is 5.65. The van der Waals surface area contributed by atoms with Crippen LogP contribution in [0, 0.1) is 0 Å². The molecule has 1 amide bonds. The summed E-state index contributed by atoms with van der Waals surface area (Å²) in [5.74, 6) is -1.18. The second-order valence-electron chi connectivity index (χ2n) is 6.55. The number of ether oxygens (including phenoxy) is 2. The van der Waals surface area contributed by atoms with Crippen LogP contribution in [0.3, 0.4) is 0 Å². The molecule has 1 saturated heterocycles. The van der Waals surface area contributed by atoms with Gasteiger partial charge in [0.1, 0.15) is 4.90 Å². The van der Waals surface area contributed by atoms with Gasteiger partial charge in [0.15, 0.2) is 6.61 Å². The van der Waals surface area contributed by atoms with Gasteiger partial charge in [-0.05, 0) is 43.9 Å². The van der Waals surface area contributed by atoms with Gasteiger partial charge in [0.05, 0.1) is 16.7 Å². The van der Waals surface area contributed by atoms with Crippen LogP contribution < -0.4 is 10.0 Å². The maximum Gasteiger partial charge on any atom is 0.338 e. The molecule has 8 nitrogen and oxygen atoms in total. The fraction of sp³-hybridized carbons (Fsp3) is 0.529. The summed E-state index contributed by atoms with van der Waals surface area (Å²) in [6, 6.07) is 3.96. The number of nitrogens with one attached hydrogen (secondary N) is 2. The van der Waals surface area contributed by atoms with Gasteiger partial charge in [-0.15, -0.1) is 0 Å². The van der Waals surface area contributed by atoms with E-state index in [1.807, 2.05) is 0 Å². The lowest BCUT2D eigenvalue weighted by molar-refractivity contribution is -0.124. The van der Waals surface area contributed by atoms with Crippen LogP contribution in [0.4, 0.5) is 0 Å². The summed E-state index contributed by atoms with van der Waals surface area (Å²) in [5, 5.41) is 2.68. The van der Waals surface area contributed by atoms with Crippen LogP contribution in [0.25, 0.3) is 0 Å². The van der Waals surface area contributed by atoms with Gasteiger partial charge >= 0.3 is 5.97 Å². The number of esters is 1. The van der Waals surface area contributed by atoms with E-state index in [1.165, 1.54) is 12.1 Å². The Morgan fingerprint density at radius 1 is 1.26 bits per heavy atom. The SMILES string of the molecule is O=C(COC(=O)c1ccc(Cl)c(S(=O)(=O)NC[C@H]2CCCO2)c1)NC1CC1. The maximum absolute atomic E-state index is 12.5. The van der Waals surface area contributed by atoms with E-state index in [9.17, 15) is 18.0 Å². The van der Waals surface area contributed by atoms with Crippen molar-refractivity contribution < 1.29 is 27.5 Å². The molecule has 2 N–H and O–H groups in total. The molecule has 0 radical (unpaired) electrons. The fourth-order valence-corrected chi connectivity index (χ4v) is 4.22. The molecule has 3 rings (SSSR count). The first-order valence-electron chi connectivity index (χ1n) is 8.72. The third-order valence-corrected chi connectivity index (χ3v) is 6.16. The highest BCUT2D eigenvalue weighted by Crippen LogP contribution is 2.23. The number of hydrogen-bond donors (Lipinski definition) is 2. The van der Waals surface area contributed by atoms with Crippen molar-refractivity contribution in [1.29, 1.82) is 0 Å². The molecule has 2 aliphatic rings. The topological polar surface area (TPSA) is 111 Å². The highest BCUT2D eigenvalue weighted by atomic mass is 35.5. The monoisotopic (exact) mass is 416 g/mol. The number of sulfonamides is 1. The molecule has 10 heteroatoms. The second-order valence-corrected chi connectivity index (χ2v) is 8.69. The molecular weight excluding hydrogens is 396 g/mol. The van der Waals surface area contributed by atoms with Crippen LogP contribution >= 0.6 is 11.6 Å². The van der Waals surface area contributed by atoms with Gasteiger partial charge in [-0.3, -0.25) is 4.79 Å². The predicted octanol–water partition coefficient (Wildman–Crippen LogP) is 1.23. The van der Waals surface area contributed by atoms with Gasteiger partial charge in [0.25, 0.3) is 5.91 Å². The minimum Gasteiger partial charge on any atom is -0.452 e. The number of amides is 1. The van der Waals surface area contributed by atoms with E-state index in [4.69, 9.17) is 21.1 Å². The average molecular weight is 417 g/mol. The molecule has 0 aromatic heterocycles. The first-order chi connectivity index (χ1) is 12.8. The Bertz CT molecular complexity index is 819. The van der Waals surface area contributed by atoms with Crippen molar-refractivity contribution in [2.75, 3.05) is 19.8 Å². The minimum absolute atomic E-state index is 0.00360. The molecule has 0 unspecified atom stereocenters. The molecule has 0 spiro atoms. The van der Waals surface area contributed by atoms with Crippen molar-refractivity contribution in [2.24, 2.45) is 0 Å². The molecule has 1 aliphatic carbocycles. The molecule has 1 aromatic carbocycles. The Labute approximate surface area is 162 Å². The predicted molar refractivity (Wildman–Crippen MR) is 97.1 cm³/mol. The van der Waals surface area contributed by atoms with E-state index in [2.05, 4.69) is 10.0 Å². The molecule has 1 atom stereocenters. The fourth-order valence-electron chi connectivity index (χ4n) is 2.63. The van der Waals surface area contributed by atoms with Gasteiger partial charge in [-0.2, -0.15) is 0 Å². The highest BCUT2D eigenvalue weighted by Gasteiger charge is 2.25. The summed E-state index contributed by atoms with van der Waals surface area (Å²) in [6.45, 7) is 0.328. The zero-order valence-electron chi connectivity index (χ0n) is 14.6. The zero-order chi connectivity index (χ0) is 19.4. The van der Waals surface area contributed by atoms with Crippen LogP contribution in [0.15, 0.2) is 23.1 Å². The van der Waals surface area contributed by atoms with Crippen molar-refractivity contribution in [2.45, 2.75) is 42.7 Å². The summed E-state index contributed by atoms with van der Waals surface area (Å²) in [7, 11) is -3.92. The number of benzene rings is 1. The van der Waals surface area contributed by atoms with Crippen LogP contribution in [0.2, 0.25) is 5.02 Å². The zero-order valence-corrected chi connectivity index (χ0v) is 16.1. The van der Waals surface area contributed by atoms with Gasteiger partial charge in [0, 0.05) is 19.2 Å². The summed E-state index contributed by atoms with van der Waals surface area (Å²) >= 11 is 6.01. The Morgan fingerprint density at radius 2 is 2.04 bits per heavy atom. The van der Waals surface area contributed by atoms with Crippen molar-refractivity contribution >= 4 is 33.5 Å². The Hall–Kier alpha value is -1.68. The summed E-state index contributed by atoms with van der Waals surface area (Å²) < 4.78 is 37.8. The molecule has 148 valence electrons. The Morgan fingerprint density at radius 3 is 2.70 bits per heavy atom. The first kappa shape index (κ1) is 20.1. The van der Waals surface area contributed by atoms with Crippen LogP contribution in [0.5, 0.6) is 0 Å². The third-order valence-electron chi connectivity index (χ3n) is 4.26. The molecule has 27 heavy (non-hydrogen) atoms. The quantitative estimate of drug-likeness (QED) is 0.617. The van der Waals surface area contributed by atoms with Crippen LogP contribution in [-0.4, -0.2) is 52.2 Å². The van der Waals surface area contributed by atoms with Crippen molar-refractivity contribution in [1.82, 2.24) is 10.0 Å². The molecule has 0 bridgehead atoms. The molecule has 1 aromatic rings. The van der Waals surface area contributed by atoms with Gasteiger partial charge in [-0.1, -0.05) is 11.6 Å². The molecular formula is C17H21ClN2O6S. The molecule has 1 saturated carbocycles. The Balaban J connectivity index is 1.63. The molecule has 1 heterocycles. The average Bonchev–Trinajstić information content (AvgIpc) is 3.28. The van der Waals surface area contributed by atoms with Gasteiger partial charge in [-0.25, -0.2) is 17.9 Å². The summed E-state index contributed by atoms with van der Waals surface area (Å²) in [6.07, 6.45) is 3.36. The second kappa shape index (κ2) is 8.55. The lowest BCUT2D eigenvalue weighted by atomic mass is 10.2. The number of hydrogen-bond acceptors (Lipinski definition) is 6. The molecule has 1 aliphatic heterocycles. The number of carbonyl (C=O) groups excluding carboxylic acids is 2. The van der Waals surface area contributed by atoms with Crippen molar-refractivity contribution in [3.63, 3.8) is 0 Å². The summed E-state index contributed by atoms with van der Waals surface area (Å²) in [5.41, 5.74) is -0.00360. The van der Waals surface area contributed by atoms with E-state index in [1.54, 1.807) is 0 Å². The number of carbonyl (C=O) groups is 2. The van der Waals surface area contributed by atoms with Crippen LogP contribution in [-0.2, 0) is 24.3 Å². The largest absolute Gasteiger partial charge is 0.452 e. The normalized spacial score (nSPS) is 19.7. The Kier molecular flexibility index (Phi) is 6.36. The van der Waals surface area contributed by atoms with E-state index >= 15 is 0 Å². The molecule has 2 fully saturated rings. The van der Waals surface area contributed by atoms with Crippen molar-refractivity contribution in [3.8, 4) is 0 Å². The lowest BCUT2D eigenvalue weighted by Crippen LogP contribution is -2.32. The van der Waals surface area contributed by atoms with Crippen LogP contribution in [0.1, 0.15) is 36.0 Å². The lowest BCUT2D eigenvalue weighted by Gasteiger charge is -2.13. The minimum atomic E-state index is -3.92. The smallest absolute Gasteiger partial charge is 0.338 e. The standard InChI is InChI=1S/C17H21ClN2O6S/c18-14-6-3-11(17(22)26-10-16(21)20-12-4-5-12)8-15(14)27(23,24)19-9-13-2-1-7-25-13/h3,6,8,12-13,19H,1-2,4-5,7,9-10H2,(H,20,21)/t13-/m1/s1. The van der Waals surface area contributed by atoms with E-state index < -0.39 is 22.6 Å².